The largest absolute Gasteiger partial charge is 0.487 e. The molecule has 3 aromatic rings. The number of aromatic nitrogens is 1. The van der Waals surface area contributed by atoms with E-state index >= 15 is 0 Å². The smallest absolute Gasteiger partial charge is 0.192 e. The Morgan fingerprint density at radius 3 is 2.72 bits per heavy atom. The molecule has 4 nitrogen and oxygen atoms in total. The van der Waals surface area contributed by atoms with Crippen molar-refractivity contribution in [3.8, 4) is 5.75 Å². The van der Waals surface area contributed by atoms with E-state index in [2.05, 4.69) is 11.1 Å². The lowest BCUT2D eigenvalue weighted by molar-refractivity contribution is 0.250. The van der Waals surface area contributed by atoms with Crippen LogP contribution in [0.5, 0.6) is 5.75 Å². The number of fused-ring (bicyclic) bond motifs is 1. The lowest BCUT2D eigenvalue weighted by Gasteiger charge is -2.38. The van der Waals surface area contributed by atoms with Crippen molar-refractivity contribution in [3.63, 3.8) is 0 Å². The van der Waals surface area contributed by atoms with E-state index in [0.29, 0.717) is 17.6 Å². The first kappa shape index (κ1) is 15.9. The van der Waals surface area contributed by atoms with E-state index in [1.54, 1.807) is 0 Å². The minimum Gasteiger partial charge on any atom is -0.487 e. The highest BCUT2D eigenvalue weighted by Crippen LogP contribution is 2.39. The van der Waals surface area contributed by atoms with Crippen LogP contribution in [-0.2, 0) is 12.1 Å². The van der Waals surface area contributed by atoms with Gasteiger partial charge >= 0.3 is 0 Å². The average molecular weight is 334 g/mol. The minimum atomic E-state index is -0.202. The molecular weight excluding hydrogens is 312 g/mol. The predicted molar refractivity (Wildman–Crippen MR) is 99.8 cm³/mol. The number of hydrogen-bond donors (Lipinski definition) is 2. The fourth-order valence-corrected chi connectivity index (χ4v) is 3.43. The molecule has 0 aliphatic heterocycles. The summed E-state index contributed by atoms with van der Waals surface area (Å²) >= 11 is 0. The normalized spacial score (nSPS) is 15.8. The van der Waals surface area contributed by atoms with Crippen LogP contribution < -0.4 is 15.9 Å². The molecule has 1 aliphatic carbocycles. The number of ether oxygens (including phenoxy) is 1. The molecule has 2 aromatic carbocycles. The molecule has 1 fully saturated rings. The van der Waals surface area contributed by atoms with Gasteiger partial charge in [0.1, 0.15) is 12.4 Å². The highest BCUT2D eigenvalue weighted by atomic mass is 16.5. The third-order valence-electron chi connectivity index (χ3n) is 5.29. The molecule has 128 valence electrons. The third-order valence-corrected chi connectivity index (χ3v) is 5.29. The van der Waals surface area contributed by atoms with Crippen LogP contribution in [0.4, 0.5) is 0 Å². The van der Waals surface area contributed by atoms with E-state index in [4.69, 9.17) is 10.5 Å². The Balaban J connectivity index is 1.60. The van der Waals surface area contributed by atoms with Gasteiger partial charge in [-0.2, -0.15) is 0 Å². The molecule has 25 heavy (non-hydrogen) atoms. The second-order valence-corrected chi connectivity index (χ2v) is 6.93. The Hall–Kier alpha value is -2.59. The third kappa shape index (κ3) is 2.83. The quantitative estimate of drug-likeness (QED) is 0.763. The van der Waals surface area contributed by atoms with Crippen molar-refractivity contribution in [1.82, 2.24) is 4.98 Å². The van der Waals surface area contributed by atoms with Crippen molar-refractivity contribution in [2.45, 2.75) is 38.3 Å². The van der Waals surface area contributed by atoms with Gasteiger partial charge in [0.25, 0.3) is 0 Å². The van der Waals surface area contributed by atoms with Crippen LogP contribution in [0, 0.1) is 6.92 Å². The van der Waals surface area contributed by atoms with Gasteiger partial charge in [0, 0.05) is 22.0 Å². The molecule has 3 N–H and O–H groups in total. The Kier molecular flexibility index (Phi) is 3.85. The maximum absolute atomic E-state index is 12.5. The van der Waals surface area contributed by atoms with Crippen LogP contribution in [0.1, 0.15) is 36.1 Å². The van der Waals surface area contributed by atoms with E-state index < -0.39 is 0 Å². The Bertz CT molecular complexity index is 987. The number of para-hydroxylation sites is 1. The zero-order chi connectivity index (χ0) is 17.4. The number of nitrogens with two attached hydrogens (primary N) is 1. The Labute approximate surface area is 146 Å². The van der Waals surface area contributed by atoms with E-state index in [-0.39, 0.29) is 11.0 Å². The molecule has 0 bridgehead atoms. The fraction of sp³-hybridized carbons (Fsp3) is 0.286. The maximum atomic E-state index is 12.5. The van der Waals surface area contributed by atoms with Crippen molar-refractivity contribution in [3.05, 3.63) is 75.6 Å². The molecule has 0 radical (unpaired) electrons. The number of aromatic amines is 1. The molecule has 1 aliphatic rings. The van der Waals surface area contributed by atoms with Crippen molar-refractivity contribution in [1.29, 1.82) is 0 Å². The SMILES string of the molecule is Cc1c(COc2cccc(C3(N)CCC3)c2)[nH]c2ccccc2c1=O. The van der Waals surface area contributed by atoms with Crippen LogP contribution >= 0.6 is 0 Å². The van der Waals surface area contributed by atoms with Crippen LogP contribution in [0.25, 0.3) is 10.9 Å². The summed E-state index contributed by atoms with van der Waals surface area (Å²) < 4.78 is 5.96. The van der Waals surface area contributed by atoms with Crippen LogP contribution in [0.3, 0.4) is 0 Å². The van der Waals surface area contributed by atoms with E-state index in [0.717, 1.165) is 35.4 Å². The highest BCUT2D eigenvalue weighted by Gasteiger charge is 2.34. The summed E-state index contributed by atoms with van der Waals surface area (Å²) in [5.74, 6) is 0.780. The van der Waals surface area contributed by atoms with Crippen molar-refractivity contribution in [2.24, 2.45) is 5.73 Å². The summed E-state index contributed by atoms with van der Waals surface area (Å²) in [6, 6.07) is 15.5. The molecule has 1 saturated carbocycles. The van der Waals surface area contributed by atoms with E-state index in [9.17, 15) is 4.79 Å². The summed E-state index contributed by atoms with van der Waals surface area (Å²) in [5, 5.41) is 0.709. The van der Waals surface area contributed by atoms with Gasteiger partial charge in [-0.1, -0.05) is 24.3 Å². The molecule has 0 amide bonds. The number of nitrogens with one attached hydrogen (secondary N) is 1. The minimum absolute atomic E-state index is 0.0529. The summed E-state index contributed by atoms with van der Waals surface area (Å²) in [6.45, 7) is 2.16. The van der Waals surface area contributed by atoms with Crippen molar-refractivity contribution in [2.75, 3.05) is 0 Å². The van der Waals surface area contributed by atoms with Crippen LogP contribution in [0.15, 0.2) is 53.3 Å². The lowest BCUT2D eigenvalue weighted by atomic mass is 9.73. The second kappa shape index (κ2) is 6.05. The van der Waals surface area contributed by atoms with Crippen LogP contribution in [-0.4, -0.2) is 4.98 Å². The van der Waals surface area contributed by atoms with Gasteiger partial charge < -0.3 is 15.5 Å². The Morgan fingerprint density at radius 2 is 1.96 bits per heavy atom. The molecule has 4 heteroatoms. The number of pyridine rings is 1. The summed E-state index contributed by atoms with van der Waals surface area (Å²) in [7, 11) is 0. The molecule has 0 spiro atoms. The monoisotopic (exact) mass is 334 g/mol. The standard InChI is InChI=1S/C21H22N2O2/c1-14-19(23-18-9-3-2-8-17(18)20(14)24)13-25-16-7-4-6-15(12-16)21(22)10-5-11-21/h2-4,6-9,12H,5,10-11,13,22H2,1H3,(H,23,24). The van der Waals surface area contributed by atoms with Crippen molar-refractivity contribution >= 4 is 10.9 Å². The molecule has 4 rings (SSSR count). The Morgan fingerprint density at radius 1 is 1.16 bits per heavy atom. The topological polar surface area (TPSA) is 68.1 Å². The molecule has 0 unspecified atom stereocenters. The number of H-pyrrole nitrogens is 1. The van der Waals surface area contributed by atoms with Gasteiger partial charge in [-0.25, -0.2) is 0 Å². The number of hydrogen-bond acceptors (Lipinski definition) is 3. The molecule has 1 heterocycles. The zero-order valence-electron chi connectivity index (χ0n) is 14.3. The highest BCUT2D eigenvalue weighted by molar-refractivity contribution is 5.79. The van der Waals surface area contributed by atoms with E-state index in [1.807, 2.05) is 49.4 Å². The number of benzene rings is 2. The second-order valence-electron chi connectivity index (χ2n) is 6.93. The first-order chi connectivity index (χ1) is 12.1. The van der Waals surface area contributed by atoms with Crippen molar-refractivity contribution < 1.29 is 4.74 Å². The first-order valence-electron chi connectivity index (χ1n) is 8.69. The fourth-order valence-electron chi connectivity index (χ4n) is 3.43. The van der Waals surface area contributed by atoms with Gasteiger partial charge in [0.15, 0.2) is 5.43 Å². The average Bonchev–Trinajstić information content (AvgIpc) is 2.62. The van der Waals surface area contributed by atoms with Crippen LogP contribution in [0.2, 0.25) is 0 Å². The first-order valence-corrected chi connectivity index (χ1v) is 8.69. The molecular formula is C21H22N2O2. The van der Waals surface area contributed by atoms with Gasteiger partial charge in [-0.15, -0.1) is 0 Å². The summed E-state index contributed by atoms with van der Waals surface area (Å²) in [6.07, 6.45) is 3.22. The summed E-state index contributed by atoms with van der Waals surface area (Å²) in [4.78, 5) is 15.8. The van der Waals surface area contributed by atoms with E-state index in [1.165, 1.54) is 6.42 Å². The number of rotatable bonds is 4. The molecule has 0 atom stereocenters. The zero-order valence-corrected chi connectivity index (χ0v) is 14.3. The van der Waals surface area contributed by atoms with Gasteiger partial charge in [-0.3, -0.25) is 4.79 Å². The van der Waals surface area contributed by atoms with Gasteiger partial charge in [0.05, 0.1) is 5.69 Å². The lowest BCUT2D eigenvalue weighted by Crippen LogP contribution is -2.43. The molecule has 1 aromatic heterocycles. The summed E-state index contributed by atoms with van der Waals surface area (Å²) in [5.41, 5.74) is 9.72. The molecule has 0 saturated heterocycles. The van der Waals surface area contributed by atoms with Gasteiger partial charge in [0.2, 0.25) is 0 Å². The maximum Gasteiger partial charge on any atom is 0.192 e. The van der Waals surface area contributed by atoms with Gasteiger partial charge in [-0.05, 0) is 56.0 Å². The predicted octanol–water partition coefficient (Wildman–Crippen LogP) is 3.75.